The zero-order valence-corrected chi connectivity index (χ0v) is 10.9. The van der Waals surface area contributed by atoms with E-state index in [-0.39, 0.29) is 0 Å². The Bertz CT molecular complexity index is 240. The molecular weight excluding hydrogens is 212 g/mol. The lowest BCUT2D eigenvalue weighted by Gasteiger charge is -2.33. The molecule has 3 nitrogen and oxygen atoms in total. The van der Waals surface area contributed by atoms with Gasteiger partial charge in [-0.05, 0) is 45.1 Å². The van der Waals surface area contributed by atoms with E-state index in [2.05, 4.69) is 10.2 Å². The average Bonchev–Trinajstić information content (AvgIpc) is 2.81. The van der Waals surface area contributed by atoms with Gasteiger partial charge in [-0.2, -0.15) is 0 Å². The fourth-order valence-corrected chi connectivity index (χ4v) is 3.74. The van der Waals surface area contributed by atoms with Crippen LogP contribution in [-0.4, -0.2) is 49.3 Å². The van der Waals surface area contributed by atoms with Crippen molar-refractivity contribution >= 4 is 0 Å². The molecule has 0 saturated carbocycles. The molecule has 17 heavy (non-hydrogen) atoms. The predicted octanol–water partition coefficient (Wildman–Crippen LogP) is 1.77. The molecule has 1 N–H and O–H groups in total. The minimum Gasteiger partial charge on any atom is -0.377 e. The van der Waals surface area contributed by atoms with Crippen LogP contribution >= 0.6 is 0 Å². The van der Waals surface area contributed by atoms with Crippen LogP contribution in [0.1, 0.15) is 44.9 Å². The summed E-state index contributed by atoms with van der Waals surface area (Å²) in [6.45, 7) is 4.71. The number of ether oxygens (including phenoxy) is 1. The van der Waals surface area contributed by atoms with E-state index < -0.39 is 0 Å². The van der Waals surface area contributed by atoms with E-state index in [1.54, 1.807) is 0 Å². The molecule has 3 heterocycles. The van der Waals surface area contributed by atoms with Crippen molar-refractivity contribution in [3.05, 3.63) is 0 Å². The minimum absolute atomic E-state index is 0.487. The van der Waals surface area contributed by atoms with Gasteiger partial charge in [0, 0.05) is 31.8 Å². The van der Waals surface area contributed by atoms with Gasteiger partial charge < -0.3 is 10.1 Å². The number of fused-ring (bicyclic) bond motifs is 1. The first-order valence-electron chi connectivity index (χ1n) is 7.52. The highest BCUT2D eigenvalue weighted by Crippen LogP contribution is 2.27. The van der Waals surface area contributed by atoms with Gasteiger partial charge in [0.2, 0.25) is 0 Å². The van der Waals surface area contributed by atoms with Crippen LogP contribution in [-0.2, 0) is 4.74 Å². The van der Waals surface area contributed by atoms with E-state index in [0.717, 1.165) is 25.2 Å². The van der Waals surface area contributed by atoms with Crippen molar-refractivity contribution in [2.75, 3.05) is 26.2 Å². The van der Waals surface area contributed by atoms with Crippen LogP contribution in [0, 0.1) is 0 Å². The summed E-state index contributed by atoms with van der Waals surface area (Å²) in [5, 5.41) is 3.78. The standard InChI is InChI=1S/C14H26N2O/c1-3-8-16-9-7-13(14(16)6-1)15-11-12-5-2-4-10-17-12/h12-15H,1-11H2. The highest BCUT2D eigenvalue weighted by Gasteiger charge is 2.35. The summed E-state index contributed by atoms with van der Waals surface area (Å²) in [6, 6.07) is 1.56. The van der Waals surface area contributed by atoms with Crippen molar-refractivity contribution < 1.29 is 4.74 Å². The topological polar surface area (TPSA) is 24.5 Å². The molecule has 0 amide bonds. The maximum Gasteiger partial charge on any atom is 0.0699 e. The molecule has 3 aliphatic rings. The Morgan fingerprint density at radius 3 is 2.82 bits per heavy atom. The molecule has 3 fully saturated rings. The Morgan fingerprint density at radius 1 is 1.00 bits per heavy atom. The molecule has 3 atom stereocenters. The SMILES string of the molecule is C1CCC(CNC2CCN3CCCCC23)OC1. The maximum atomic E-state index is 5.80. The van der Waals surface area contributed by atoms with Crippen LogP contribution in [0.4, 0.5) is 0 Å². The second-order valence-electron chi connectivity index (χ2n) is 5.89. The Morgan fingerprint density at radius 2 is 1.94 bits per heavy atom. The first-order chi connectivity index (χ1) is 8.43. The molecule has 3 heteroatoms. The van der Waals surface area contributed by atoms with Crippen LogP contribution in [0.5, 0.6) is 0 Å². The van der Waals surface area contributed by atoms with Crippen LogP contribution in [0.2, 0.25) is 0 Å². The van der Waals surface area contributed by atoms with Crippen LogP contribution in [0.3, 0.4) is 0 Å². The smallest absolute Gasteiger partial charge is 0.0699 e. The van der Waals surface area contributed by atoms with Crippen molar-refractivity contribution in [1.82, 2.24) is 10.2 Å². The van der Waals surface area contributed by atoms with Gasteiger partial charge in [-0.15, -0.1) is 0 Å². The van der Waals surface area contributed by atoms with Gasteiger partial charge in [-0.1, -0.05) is 6.42 Å². The number of hydrogen-bond donors (Lipinski definition) is 1. The van der Waals surface area contributed by atoms with Gasteiger partial charge in [0.15, 0.2) is 0 Å². The lowest BCUT2D eigenvalue weighted by Crippen LogP contribution is -2.47. The van der Waals surface area contributed by atoms with E-state index in [1.165, 1.54) is 58.0 Å². The fourth-order valence-electron chi connectivity index (χ4n) is 3.74. The monoisotopic (exact) mass is 238 g/mol. The van der Waals surface area contributed by atoms with Gasteiger partial charge >= 0.3 is 0 Å². The lowest BCUT2D eigenvalue weighted by molar-refractivity contribution is 0.0143. The highest BCUT2D eigenvalue weighted by molar-refractivity contribution is 4.94. The van der Waals surface area contributed by atoms with Gasteiger partial charge in [-0.25, -0.2) is 0 Å². The third kappa shape index (κ3) is 2.83. The molecule has 0 aromatic rings. The molecule has 3 saturated heterocycles. The number of piperidine rings is 1. The van der Waals surface area contributed by atoms with E-state index in [4.69, 9.17) is 4.74 Å². The molecule has 0 radical (unpaired) electrons. The molecule has 3 aliphatic heterocycles. The fraction of sp³-hybridized carbons (Fsp3) is 1.00. The molecular formula is C14H26N2O. The average molecular weight is 238 g/mol. The summed E-state index contributed by atoms with van der Waals surface area (Å²) in [7, 11) is 0. The summed E-state index contributed by atoms with van der Waals surface area (Å²) >= 11 is 0. The molecule has 0 aromatic carbocycles. The molecule has 3 rings (SSSR count). The maximum absolute atomic E-state index is 5.80. The minimum atomic E-state index is 0.487. The van der Waals surface area contributed by atoms with Crippen molar-refractivity contribution in [3.63, 3.8) is 0 Å². The molecule has 0 bridgehead atoms. The molecule has 0 aromatic heterocycles. The van der Waals surface area contributed by atoms with E-state index in [1.807, 2.05) is 0 Å². The molecule has 0 aliphatic carbocycles. The lowest BCUT2D eigenvalue weighted by atomic mass is 9.98. The summed E-state index contributed by atoms with van der Waals surface area (Å²) in [5.41, 5.74) is 0. The van der Waals surface area contributed by atoms with Gasteiger partial charge in [0.05, 0.1) is 6.10 Å². The van der Waals surface area contributed by atoms with Crippen LogP contribution in [0.25, 0.3) is 0 Å². The number of nitrogens with zero attached hydrogens (tertiary/aromatic N) is 1. The van der Waals surface area contributed by atoms with Crippen molar-refractivity contribution in [1.29, 1.82) is 0 Å². The number of rotatable bonds is 3. The first kappa shape index (κ1) is 11.9. The van der Waals surface area contributed by atoms with E-state index in [9.17, 15) is 0 Å². The predicted molar refractivity (Wildman–Crippen MR) is 69.2 cm³/mol. The molecule has 0 spiro atoms. The first-order valence-corrected chi connectivity index (χ1v) is 7.52. The van der Waals surface area contributed by atoms with Gasteiger partial charge in [0.1, 0.15) is 0 Å². The third-order valence-electron chi connectivity index (χ3n) is 4.74. The Kier molecular flexibility index (Phi) is 3.99. The molecule has 98 valence electrons. The van der Waals surface area contributed by atoms with Crippen molar-refractivity contribution in [2.45, 2.75) is 63.1 Å². The Labute approximate surface area is 105 Å². The second kappa shape index (κ2) is 5.68. The van der Waals surface area contributed by atoms with Gasteiger partial charge in [-0.3, -0.25) is 4.90 Å². The Hall–Kier alpha value is -0.120. The summed E-state index contributed by atoms with van der Waals surface area (Å²) in [6.07, 6.45) is 9.95. The largest absolute Gasteiger partial charge is 0.377 e. The number of nitrogens with one attached hydrogen (secondary N) is 1. The van der Waals surface area contributed by atoms with Crippen molar-refractivity contribution in [2.24, 2.45) is 0 Å². The molecule has 3 unspecified atom stereocenters. The Balaban J connectivity index is 1.45. The summed E-state index contributed by atoms with van der Waals surface area (Å²) < 4.78 is 5.80. The third-order valence-corrected chi connectivity index (χ3v) is 4.74. The second-order valence-corrected chi connectivity index (χ2v) is 5.89. The van der Waals surface area contributed by atoms with E-state index >= 15 is 0 Å². The highest BCUT2D eigenvalue weighted by atomic mass is 16.5. The summed E-state index contributed by atoms with van der Waals surface area (Å²) in [4.78, 5) is 2.70. The van der Waals surface area contributed by atoms with Gasteiger partial charge in [0.25, 0.3) is 0 Å². The normalized spacial score (nSPS) is 39.2. The quantitative estimate of drug-likeness (QED) is 0.811. The van der Waals surface area contributed by atoms with Crippen molar-refractivity contribution in [3.8, 4) is 0 Å². The summed E-state index contributed by atoms with van der Waals surface area (Å²) in [5.74, 6) is 0. The van der Waals surface area contributed by atoms with Crippen LogP contribution in [0.15, 0.2) is 0 Å². The van der Waals surface area contributed by atoms with E-state index in [0.29, 0.717) is 6.10 Å². The zero-order valence-electron chi connectivity index (χ0n) is 10.9. The number of hydrogen-bond acceptors (Lipinski definition) is 3. The zero-order chi connectivity index (χ0) is 11.5. The van der Waals surface area contributed by atoms with Crippen LogP contribution < -0.4 is 5.32 Å².